The summed E-state index contributed by atoms with van der Waals surface area (Å²) in [6.07, 6.45) is 4.28. The molecule has 1 aromatic heterocycles. The van der Waals surface area contributed by atoms with E-state index in [1.807, 2.05) is 17.9 Å². The van der Waals surface area contributed by atoms with Gasteiger partial charge in [0.2, 0.25) is 5.91 Å². The van der Waals surface area contributed by atoms with Gasteiger partial charge in [-0.25, -0.2) is 0 Å². The maximum absolute atomic E-state index is 12.9. The maximum Gasteiger partial charge on any atom is 0.244 e. The number of amides is 1. The third-order valence-corrected chi connectivity index (χ3v) is 5.45. The molecule has 1 amide bonds. The van der Waals surface area contributed by atoms with E-state index in [2.05, 4.69) is 16.8 Å². The molecule has 2 aliphatic rings. The second-order valence-electron chi connectivity index (χ2n) is 5.86. The fourth-order valence-corrected chi connectivity index (χ4v) is 4.13. The molecule has 1 N–H and O–H groups in total. The van der Waals surface area contributed by atoms with Crippen LogP contribution >= 0.6 is 11.3 Å². The lowest BCUT2D eigenvalue weighted by Gasteiger charge is -2.26. The Morgan fingerprint density at radius 2 is 2.30 bits per heavy atom. The number of ether oxygens (including phenoxy) is 1. The molecule has 5 heteroatoms. The van der Waals surface area contributed by atoms with E-state index in [4.69, 9.17) is 4.74 Å². The first-order valence-corrected chi connectivity index (χ1v) is 8.19. The zero-order valence-electron chi connectivity index (χ0n) is 12.1. The number of methoxy groups -OCH3 is 1. The Kier molecular flexibility index (Phi) is 3.84. The second kappa shape index (κ2) is 5.47. The summed E-state index contributed by atoms with van der Waals surface area (Å²) in [7, 11) is 1.70. The molecular weight excluding hydrogens is 272 g/mol. The van der Waals surface area contributed by atoms with Gasteiger partial charge in [-0.2, -0.15) is 0 Å². The van der Waals surface area contributed by atoms with Gasteiger partial charge in [0.05, 0.1) is 11.6 Å². The van der Waals surface area contributed by atoms with Crippen LogP contribution in [0, 0.1) is 0 Å². The van der Waals surface area contributed by atoms with Gasteiger partial charge in [0.25, 0.3) is 0 Å². The number of carbonyl (C=O) groups is 1. The summed E-state index contributed by atoms with van der Waals surface area (Å²) in [5, 5.41) is 5.70. The van der Waals surface area contributed by atoms with E-state index in [-0.39, 0.29) is 23.7 Å². The summed E-state index contributed by atoms with van der Waals surface area (Å²) in [5.41, 5.74) is -0.317. The molecule has 1 aromatic rings. The van der Waals surface area contributed by atoms with Crippen molar-refractivity contribution in [2.45, 2.75) is 50.4 Å². The first kappa shape index (κ1) is 14.0. The van der Waals surface area contributed by atoms with Gasteiger partial charge in [-0.05, 0) is 31.2 Å². The van der Waals surface area contributed by atoms with Crippen molar-refractivity contribution in [2.75, 3.05) is 13.7 Å². The Balaban J connectivity index is 1.88. The first-order chi connectivity index (χ1) is 9.66. The zero-order valence-corrected chi connectivity index (χ0v) is 12.9. The third kappa shape index (κ3) is 2.28. The van der Waals surface area contributed by atoms with Crippen LogP contribution in [0.5, 0.6) is 0 Å². The minimum absolute atomic E-state index is 0.0122. The van der Waals surface area contributed by atoms with Gasteiger partial charge in [-0.3, -0.25) is 10.1 Å². The number of nitrogens with one attached hydrogen (secondary N) is 1. The lowest BCUT2D eigenvalue weighted by Crippen LogP contribution is -2.44. The van der Waals surface area contributed by atoms with Crippen molar-refractivity contribution in [3.63, 3.8) is 0 Å². The molecule has 2 unspecified atom stereocenters. The molecule has 1 saturated carbocycles. The predicted molar refractivity (Wildman–Crippen MR) is 79.6 cm³/mol. The van der Waals surface area contributed by atoms with Gasteiger partial charge in [-0.1, -0.05) is 18.9 Å². The molecule has 0 radical (unpaired) electrons. The number of thiophene rings is 1. The topological polar surface area (TPSA) is 41.6 Å². The van der Waals surface area contributed by atoms with Gasteiger partial charge in [0.1, 0.15) is 6.17 Å². The maximum atomic E-state index is 12.9. The summed E-state index contributed by atoms with van der Waals surface area (Å²) in [6, 6.07) is 4.15. The minimum Gasteiger partial charge on any atom is -0.380 e. The minimum atomic E-state index is -0.317. The molecule has 1 spiro atoms. The van der Waals surface area contributed by atoms with Crippen LogP contribution in [-0.4, -0.2) is 36.1 Å². The number of hydrogen-bond acceptors (Lipinski definition) is 4. The van der Waals surface area contributed by atoms with E-state index in [0.717, 1.165) is 25.7 Å². The van der Waals surface area contributed by atoms with Crippen molar-refractivity contribution in [1.82, 2.24) is 10.2 Å². The van der Waals surface area contributed by atoms with E-state index < -0.39 is 0 Å². The average Bonchev–Trinajstić information content (AvgIpc) is 3.16. The average molecular weight is 294 g/mol. The highest BCUT2D eigenvalue weighted by Gasteiger charge is 2.52. The first-order valence-electron chi connectivity index (χ1n) is 7.31. The molecule has 1 aliphatic carbocycles. The fraction of sp³-hybridized carbons (Fsp3) is 0.667. The number of hydrogen-bond donors (Lipinski definition) is 1. The molecule has 2 atom stereocenters. The Hall–Kier alpha value is -0.910. The zero-order chi connectivity index (χ0) is 14.2. The second-order valence-corrected chi connectivity index (χ2v) is 6.83. The van der Waals surface area contributed by atoms with Crippen molar-refractivity contribution >= 4 is 17.2 Å². The predicted octanol–water partition coefficient (Wildman–Crippen LogP) is 2.53. The molecule has 4 nitrogen and oxygen atoms in total. The molecule has 110 valence electrons. The van der Waals surface area contributed by atoms with Crippen LogP contribution in [-0.2, 0) is 9.53 Å². The van der Waals surface area contributed by atoms with Crippen LogP contribution in [0.4, 0.5) is 0 Å². The third-order valence-electron chi connectivity index (χ3n) is 4.52. The van der Waals surface area contributed by atoms with E-state index in [0.29, 0.717) is 6.54 Å². The van der Waals surface area contributed by atoms with Crippen LogP contribution in [0.1, 0.15) is 43.6 Å². The Labute approximate surface area is 124 Å². The van der Waals surface area contributed by atoms with Crippen LogP contribution in [0.2, 0.25) is 0 Å². The van der Waals surface area contributed by atoms with Gasteiger partial charge in [-0.15, -0.1) is 11.3 Å². The summed E-state index contributed by atoms with van der Waals surface area (Å²) in [6.45, 7) is 2.66. The highest BCUT2D eigenvalue weighted by molar-refractivity contribution is 7.10. The highest BCUT2D eigenvalue weighted by atomic mass is 32.1. The molecule has 2 fully saturated rings. The SMILES string of the molecule is COC(C)CN1C(=O)C2(CCCC2)NC1c1cccs1. The number of rotatable bonds is 4. The van der Waals surface area contributed by atoms with Gasteiger partial charge >= 0.3 is 0 Å². The van der Waals surface area contributed by atoms with E-state index >= 15 is 0 Å². The van der Waals surface area contributed by atoms with Crippen molar-refractivity contribution in [3.8, 4) is 0 Å². The molecule has 3 rings (SSSR count). The number of nitrogens with zero attached hydrogens (tertiary/aromatic N) is 1. The monoisotopic (exact) mass is 294 g/mol. The molecule has 1 saturated heterocycles. The van der Waals surface area contributed by atoms with Gasteiger partial charge < -0.3 is 9.64 Å². The molecule has 1 aliphatic heterocycles. The summed E-state index contributed by atoms with van der Waals surface area (Å²) < 4.78 is 5.36. The molecule has 20 heavy (non-hydrogen) atoms. The van der Waals surface area contributed by atoms with Crippen molar-refractivity contribution in [1.29, 1.82) is 0 Å². The number of carbonyl (C=O) groups excluding carboxylic acids is 1. The lowest BCUT2D eigenvalue weighted by molar-refractivity contribution is -0.134. The van der Waals surface area contributed by atoms with Crippen LogP contribution in [0.25, 0.3) is 0 Å². The smallest absolute Gasteiger partial charge is 0.244 e. The fourth-order valence-electron chi connectivity index (χ4n) is 3.34. The van der Waals surface area contributed by atoms with Crippen LogP contribution in [0.15, 0.2) is 17.5 Å². The largest absolute Gasteiger partial charge is 0.380 e. The van der Waals surface area contributed by atoms with Crippen molar-refractivity contribution < 1.29 is 9.53 Å². The summed E-state index contributed by atoms with van der Waals surface area (Å²) >= 11 is 1.71. The van der Waals surface area contributed by atoms with Crippen LogP contribution < -0.4 is 5.32 Å². The molecular formula is C15H22N2O2S. The summed E-state index contributed by atoms with van der Waals surface area (Å²) in [4.78, 5) is 16.1. The molecule has 0 aromatic carbocycles. The Morgan fingerprint density at radius 1 is 1.55 bits per heavy atom. The Bertz CT molecular complexity index is 468. The van der Waals surface area contributed by atoms with E-state index in [9.17, 15) is 4.79 Å². The summed E-state index contributed by atoms with van der Waals surface area (Å²) in [5.74, 6) is 0.261. The molecule has 0 bridgehead atoms. The van der Waals surface area contributed by atoms with E-state index in [1.165, 1.54) is 4.88 Å². The van der Waals surface area contributed by atoms with E-state index in [1.54, 1.807) is 18.4 Å². The van der Waals surface area contributed by atoms with Gasteiger partial charge in [0.15, 0.2) is 0 Å². The Morgan fingerprint density at radius 3 is 2.90 bits per heavy atom. The quantitative estimate of drug-likeness (QED) is 0.928. The van der Waals surface area contributed by atoms with Gasteiger partial charge in [0, 0.05) is 18.5 Å². The van der Waals surface area contributed by atoms with Crippen molar-refractivity contribution in [2.24, 2.45) is 0 Å². The highest BCUT2D eigenvalue weighted by Crippen LogP contribution is 2.41. The van der Waals surface area contributed by atoms with Crippen LogP contribution in [0.3, 0.4) is 0 Å². The van der Waals surface area contributed by atoms with Crippen molar-refractivity contribution in [3.05, 3.63) is 22.4 Å². The molecule has 2 heterocycles. The standard InChI is InChI=1S/C15H22N2O2S/c1-11(19-2)10-17-13(12-6-5-9-20-12)16-15(14(17)18)7-3-4-8-15/h5-6,9,11,13,16H,3-4,7-8,10H2,1-2H3. The lowest BCUT2D eigenvalue weighted by atomic mass is 9.98. The normalized spacial score (nSPS) is 26.6.